The zero-order chi connectivity index (χ0) is 24.4. The SMILES string of the molecule is Cc1c(Nc2cc[nH]c(=O)c2C(=O)Nc2ccc(N3CCCC3CO)cc2)cnc2c1NCCO2. The largest absolute Gasteiger partial charge is 0.474 e. The number of hydrogen-bond donors (Lipinski definition) is 5. The number of rotatable bonds is 6. The van der Waals surface area contributed by atoms with E-state index < -0.39 is 11.5 Å². The van der Waals surface area contributed by atoms with Gasteiger partial charge in [0.2, 0.25) is 5.88 Å². The van der Waals surface area contributed by atoms with Crippen molar-refractivity contribution < 1.29 is 14.6 Å². The topological polar surface area (TPSA) is 132 Å². The molecule has 1 unspecified atom stereocenters. The fourth-order valence-corrected chi connectivity index (χ4v) is 4.60. The van der Waals surface area contributed by atoms with Crippen molar-refractivity contribution in [1.82, 2.24) is 9.97 Å². The number of H-pyrrole nitrogens is 1. The number of hydrogen-bond acceptors (Lipinski definition) is 8. The predicted octanol–water partition coefficient (Wildman–Crippen LogP) is 2.84. The summed E-state index contributed by atoms with van der Waals surface area (Å²) in [5, 5.41) is 18.9. The van der Waals surface area contributed by atoms with Gasteiger partial charge >= 0.3 is 0 Å². The molecule has 4 heterocycles. The molecule has 1 aromatic carbocycles. The third kappa shape index (κ3) is 4.52. The lowest BCUT2D eigenvalue weighted by molar-refractivity contribution is 0.102. The third-order valence-corrected chi connectivity index (χ3v) is 6.45. The summed E-state index contributed by atoms with van der Waals surface area (Å²) in [4.78, 5) is 34.9. The van der Waals surface area contributed by atoms with Crippen LogP contribution in [-0.4, -0.2) is 53.3 Å². The molecule has 10 heteroatoms. The van der Waals surface area contributed by atoms with Gasteiger partial charge in [0.25, 0.3) is 11.5 Å². The molecule has 1 fully saturated rings. The van der Waals surface area contributed by atoms with Gasteiger partial charge in [0.05, 0.1) is 30.2 Å². The van der Waals surface area contributed by atoms with Gasteiger partial charge in [-0.2, -0.15) is 0 Å². The number of fused-ring (bicyclic) bond motifs is 1. The molecular formula is C25H28N6O4. The zero-order valence-electron chi connectivity index (χ0n) is 19.4. The number of pyridine rings is 2. The van der Waals surface area contributed by atoms with Gasteiger partial charge in [-0.1, -0.05) is 0 Å². The van der Waals surface area contributed by atoms with Gasteiger partial charge in [0.1, 0.15) is 17.9 Å². The number of aliphatic hydroxyl groups excluding tert-OH is 1. The minimum atomic E-state index is -0.526. The molecule has 0 bridgehead atoms. The molecule has 35 heavy (non-hydrogen) atoms. The van der Waals surface area contributed by atoms with E-state index in [1.165, 1.54) is 6.20 Å². The van der Waals surface area contributed by atoms with Crippen LogP contribution in [0.2, 0.25) is 0 Å². The molecule has 2 aliphatic heterocycles. The number of amides is 1. The number of benzene rings is 1. The van der Waals surface area contributed by atoms with E-state index in [2.05, 4.69) is 30.8 Å². The monoisotopic (exact) mass is 476 g/mol. The summed E-state index contributed by atoms with van der Waals surface area (Å²) in [6, 6.07) is 9.19. The maximum atomic E-state index is 13.1. The molecule has 10 nitrogen and oxygen atoms in total. The van der Waals surface area contributed by atoms with Crippen molar-refractivity contribution >= 4 is 34.3 Å². The number of aromatic amines is 1. The van der Waals surface area contributed by atoms with Crippen LogP contribution >= 0.6 is 0 Å². The van der Waals surface area contributed by atoms with Crippen molar-refractivity contribution in [2.24, 2.45) is 0 Å². The molecular weight excluding hydrogens is 448 g/mol. The predicted molar refractivity (Wildman–Crippen MR) is 135 cm³/mol. The van der Waals surface area contributed by atoms with Crippen molar-refractivity contribution in [3.05, 3.63) is 64.2 Å². The first-order valence-corrected chi connectivity index (χ1v) is 11.7. The Morgan fingerprint density at radius 1 is 1.26 bits per heavy atom. The highest BCUT2D eigenvalue weighted by molar-refractivity contribution is 6.08. The third-order valence-electron chi connectivity index (χ3n) is 6.45. The van der Waals surface area contributed by atoms with E-state index in [-0.39, 0.29) is 18.2 Å². The maximum Gasteiger partial charge on any atom is 0.263 e. The normalized spacial score (nSPS) is 16.7. The number of aromatic nitrogens is 2. The van der Waals surface area contributed by atoms with Gasteiger partial charge in [0.15, 0.2) is 0 Å². The maximum absolute atomic E-state index is 13.1. The first-order valence-electron chi connectivity index (χ1n) is 11.7. The van der Waals surface area contributed by atoms with Crippen LogP contribution in [0.4, 0.5) is 28.4 Å². The van der Waals surface area contributed by atoms with Crippen molar-refractivity contribution in [2.75, 3.05) is 47.2 Å². The molecule has 5 rings (SSSR count). The van der Waals surface area contributed by atoms with E-state index in [9.17, 15) is 14.7 Å². The summed E-state index contributed by atoms with van der Waals surface area (Å²) >= 11 is 0. The van der Waals surface area contributed by atoms with Gasteiger partial charge < -0.3 is 35.7 Å². The van der Waals surface area contributed by atoms with Crippen molar-refractivity contribution in [3.8, 4) is 5.88 Å². The summed E-state index contributed by atoms with van der Waals surface area (Å²) in [5.41, 5.74) is 3.73. The zero-order valence-corrected chi connectivity index (χ0v) is 19.4. The summed E-state index contributed by atoms with van der Waals surface area (Å²) in [7, 11) is 0. The summed E-state index contributed by atoms with van der Waals surface area (Å²) in [6.45, 7) is 4.15. The van der Waals surface area contributed by atoms with E-state index in [0.29, 0.717) is 36.1 Å². The van der Waals surface area contributed by atoms with E-state index in [0.717, 1.165) is 36.3 Å². The Labute approximate surface area is 202 Å². The molecule has 1 amide bonds. The van der Waals surface area contributed by atoms with Crippen LogP contribution in [0.15, 0.2) is 47.5 Å². The van der Waals surface area contributed by atoms with E-state index in [1.807, 2.05) is 19.1 Å². The smallest absolute Gasteiger partial charge is 0.263 e. The van der Waals surface area contributed by atoms with Crippen LogP contribution < -0.4 is 31.1 Å². The number of carbonyl (C=O) groups is 1. The van der Waals surface area contributed by atoms with E-state index in [4.69, 9.17) is 4.74 Å². The van der Waals surface area contributed by atoms with Gasteiger partial charge in [0, 0.05) is 36.2 Å². The van der Waals surface area contributed by atoms with Gasteiger partial charge in [-0.05, 0) is 50.1 Å². The molecule has 3 aromatic rings. The number of nitrogens with zero attached hydrogens (tertiary/aromatic N) is 2. The Bertz CT molecular complexity index is 1290. The Morgan fingerprint density at radius 2 is 2.09 bits per heavy atom. The van der Waals surface area contributed by atoms with Crippen LogP contribution in [0.25, 0.3) is 0 Å². The molecule has 1 atom stereocenters. The minimum absolute atomic E-state index is 0.0298. The van der Waals surface area contributed by atoms with Crippen molar-refractivity contribution in [1.29, 1.82) is 0 Å². The lowest BCUT2D eigenvalue weighted by atomic mass is 10.1. The second kappa shape index (κ2) is 9.67. The van der Waals surface area contributed by atoms with Gasteiger partial charge in [-0.15, -0.1) is 0 Å². The van der Waals surface area contributed by atoms with Crippen LogP contribution in [-0.2, 0) is 0 Å². The van der Waals surface area contributed by atoms with E-state index >= 15 is 0 Å². The highest BCUT2D eigenvalue weighted by atomic mass is 16.5. The van der Waals surface area contributed by atoms with Crippen LogP contribution in [0, 0.1) is 6.92 Å². The second-order valence-electron chi connectivity index (χ2n) is 8.65. The minimum Gasteiger partial charge on any atom is -0.474 e. The fraction of sp³-hybridized carbons (Fsp3) is 0.320. The number of carbonyl (C=O) groups excluding carboxylic acids is 1. The summed E-state index contributed by atoms with van der Waals surface area (Å²) in [5.74, 6) is 0.00685. The van der Waals surface area contributed by atoms with Crippen molar-refractivity contribution in [3.63, 3.8) is 0 Å². The Hall–Kier alpha value is -4.05. The second-order valence-corrected chi connectivity index (χ2v) is 8.65. The molecule has 0 aliphatic carbocycles. The Balaban J connectivity index is 1.36. The molecule has 182 valence electrons. The summed E-state index contributed by atoms with van der Waals surface area (Å²) in [6.07, 6.45) is 5.12. The molecule has 2 aromatic heterocycles. The summed E-state index contributed by atoms with van der Waals surface area (Å²) < 4.78 is 5.57. The average Bonchev–Trinajstić information content (AvgIpc) is 3.35. The van der Waals surface area contributed by atoms with Gasteiger partial charge in [-0.3, -0.25) is 9.59 Å². The molecule has 0 spiro atoms. The lowest BCUT2D eigenvalue weighted by Gasteiger charge is -2.25. The van der Waals surface area contributed by atoms with Crippen LogP contribution in [0.1, 0.15) is 28.8 Å². The standard InChI is InChI=1S/C25H28N6O4/c1-15-20(13-28-25-22(15)26-10-12-35-25)30-19-8-9-27-23(33)21(19)24(34)29-16-4-6-17(7-5-16)31-11-2-3-18(31)14-32/h4-9,13,18,26,32H,2-3,10-12,14H2,1H3,(H,29,34)(H2,27,30,33). The number of nitrogens with one attached hydrogen (secondary N) is 4. The van der Waals surface area contributed by atoms with Crippen LogP contribution in [0.3, 0.4) is 0 Å². The number of anilines is 5. The molecule has 1 saturated heterocycles. The molecule has 2 aliphatic rings. The van der Waals surface area contributed by atoms with E-state index in [1.54, 1.807) is 24.4 Å². The highest BCUT2D eigenvalue weighted by Crippen LogP contribution is 2.34. The van der Waals surface area contributed by atoms with Gasteiger partial charge in [-0.25, -0.2) is 4.98 Å². The molecule has 0 saturated carbocycles. The highest BCUT2D eigenvalue weighted by Gasteiger charge is 2.24. The number of ether oxygens (including phenoxy) is 1. The van der Waals surface area contributed by atoms with Crippen LogP contribution in [0.5, 0.6) is 5.88 Å². The first-order chi connectivity index (χ1) is 17.0. The fourth-order valence-electron chi connectivity index (χ4n) is 4.60. The molecule has 0 radical (unpaired) electrons. The molecule has 5 N–H and O–H groups in total. The Morgan fingerprint density at radius 3 is 2.89 bits per heavy atom. The Kier molecular flexibility index (Phi) is 6.28. The quantitative estimate of drug-likeness (QED) is 0.367. The van der Waals surface area contributed by atoms with Crippen molar-refractivity contribution in [2.45, 2.75) is 25.8 Å². The first kappa shape index (κ1) is 22.7. The lowest BCUT2D eigenvalue weighted by Crippen LogP contribution is -2.31. The average molecular weight is 477 g/mol. The number of aliphatic hydroxyl groups is 1.